The second kappa shape index (κ2) is 4.38. The van der Waals surface area contributed by atoms with E-state index in [1.807, 2.05) is 30.8 Å². The lowest BCUT2D eigenvalue weighted by Crippen LogP contribution is -2.39. The Labute approximate surface area is 101 Å². The van der Waals surface area contributed by atoms with Crippen LogP contribution in [0.2, 0.25) is 0 Å². The third-order valence-electron chi connectivity index (χ3n) is 3.50. The number of thioether (sulfide) groups is 1. The summed E-state index contributed by atoms with van der Waals surface area (Å²) in [6, 6.07) is 5.83. The summed E-state index contributed by atoms with van der Waals surface area (Å²) in [7, 11) is 1.80. The lowest BCUT2D eigenvalue weighted by atomic mass is 9.89. The summed E-state index contributed by atoms with van der Waals surface area (Å²) < 4.78 is 14.6. The molecule has 1 aromatic carbocycles. The summed E-state index contributed by atoms with van der Waals surface area (Å²) in [6.07, 6.45) is 1.07. The van der Waals surface area contributed by atoms with Gasteiger partial charge in [-0.05, 0) is 44.5 Å². The van der Waals surface area contributed by atoms with Gasteiger partial charge in [-0.25, -0.2) is 4.39 Å². The molecule has 88 valence electrons. The van der Waals surface area contributed by atoms with Gasteiger partial charge in [0.25, 0.3) is 0 Å². The monoisotopic (exact) mass is 239 g/mol. The number of likely N-dealkylation sites (N-methyl/N-ethyl adjacent to an activating group) is 1. The molecule has 2 atom stereocenters. The maximum atomic E-state index is 14.6. The van der Waals surface area contributed by atoms with Crippen molar-refractivity contribution in [3.8, 4) is 0 Å². The largest absolute Gasteiger partial charge is 0.314 e. The second-order valence-corrected chi connectivity index (χ2v) is 5.64. The van der Waals surface area contributed by atoms with Gasteiger partial charge in [-0.3, -0.25) is 0 Å². The van der Waals surface area contributed by atoms with E-state index in [1.165, 1.54) is 10.5 Å². The Hall–Kier alpha value is -0.540. The number of hydrogen-bond donors (Lipinski definition) is 1. The molecule has 3 heteroatoms. The van der Waals surface area contributed by atoms with Crippen molar-refractivity contribution in [3.05, 3.63) is 29.3 Å². The smallest absolute Gasteiger partial charge is 0.148 e. The highest BCUT2D eigenvalue weighted by Crippen LogP contribution is 2.36. The summed E-state index contributed by atoms with van der Waals surface area (Å²) in [5.41, 5.74) is 0.780. The van der Waals surface area contributed by atoms with Gasteiger partial charge in [0.15, 0.2) is 0 Å². The van der Waals surface area contributed by atoms with Crippen molar-refractivity contribution >= 4 is 11.8 Å². The molecule has 0 saturated heterocycles. The molecule has 0 spiro atoms. The van der Waals surface area contributed by atoms with E-state index in [4.69, 9.17) is 0 Å². The number of nitrogens with one attached hydrogen (secondary N) is 1. The van der Waals surface area contributed by atoms with Gasteiger partial charge in [-0.15, -0.1) is 11.8 Å². The van der Waals surface area contributed by atoms with Crippen molar-refractivity contribution < 1.29 is 4.39 Å². The molecule has 16 heavy (non-hydrogen) atoms. The fourth-order valence-electron chi connectivity index (χ4n) is 2.01. The molecule has 0 aromatic heterocycles. The minimum absolute atomic E-state index is 0.181. The number of aryl methyl sites for hydroxylation is 1. The molecule has 1 nitrogen and oxygen atoms in total. The van der Waals surface area contributed by atoms with Crippen LogP contribution in [0.3, 0.4) is 0 Å². The van der Waals surface area contributed by atoms with Crippen molar-refractivity contribution in [1.82, 2.24) is 5.32 Å². The Balaban J connectivity index is 2.34. The molecule has 0 bridgehead atoms. The normalized spacial score (nSPS) is 20.2. The Bertz CT molecular complexity index is 390. The fourth-order valence-corrected chi connectivity index (χ4v) is 3.06. The molecule has 0 aliphatic carbocycles. The van der Waals surface area contributed by atoms with Gasteiger partial charge in [0, 0.05) is 16.7 Å². The van der Waals surface area contributed by atoms with Crippen LogP contribution < -0.4 is 5.32 Å². The number of rotatable bonds is 3. The van der Waals surface area contributed by atoms with Gasteiger partial charge < -0.3 is 5.32 Å². The number of alkyl halides is 1. The zero-order valence-corrected chi connectivity index (χ0v) is 10.8. The Kier molecular flexibility index (Phi) is 3.27. The third kappa shape index (κ3) is 1.98. The van der Waals surface area contributed by atoms with E-state index in [1.54, 1.807) is 14.0 Å². The maximum absolute atomic E-state index is 14.6. The highest BCUT2D eigenvalue weighted by atomic mass is 32.2. The van der Waals surface area contributed by atoms with Crippen LogP contribution in [0, 0.1) is 0 Å². The minimum Gasteiger partial charge on any atom is -0.314 e. The lowest BCUT2D eigenvalue weighted by Gasteiger charge is -2.28. The van der Waals surface area contributed by atoms with Crippen LogP contribution in [0.4, 0.5) is 4.39 Å². The Morgan fingerprint density at radius 1 is 1.50 bits per heavy atom. The molecule has 0 amide bonds. The van der Waals surface area contributed by atoms with E-state index in [9.17, 15) is 4.39 Å². The summed E-state index contributed by atoms with van der Waals surface area (Å²) >= 11 is 1.86. The molecule has 1 aliphatic rings. The first-order chi connectivity index (χ1) is 7.55. The molecule has 1 heterocycles. The van der Waals surface area contributed by atoms with Crippen LogP contribution in [0.25, 0.3) is 0 Å². The number of hydrogen-bond acceptors (Lipinski definition) is 2. The predicted molar refractivity (Wildman–Crippen MR) is 67.9 cm³/mol. The van der Waals surface area contributed by atoms with Gasteiger partial charge in [-0.1, -0.05) is 12.1 Å². The molecular weight excluding hydrogens is 221 g/mol. The highest BCUT2D eigenvalue weighted by Gasteiger charge is 2.32. The molecule has 1 aromatic rings. The standard InChI is InChI=1S/C13H18FNS/c1-9(15-3)13(2,14)11-4-5-12-10(8-11)6-7-16-12/h4-5,8-9,15H,6-7H2,1-3H3. The average molecular weight is 239 g/mol. The summed E-state index contributed by atoms with van der Waals surface area (Å²) in [6.45, 7) is 3.53. The summed E-state index contributed by atoms with van der Waals surface area (Å²) in [4.78, 5) is 1.32. The molecular formula is C13H18FNS. The highest BCUT2D eigenvalue weighted by molar-refractivity contribution is 7.99. The van der Waals surface area contributed by atoms with Crippen molar-refractivity contribution in [1.29, 1.82) is 0 Å². The first-order valence-corrected chi connectivity index (χ1v) is 6.66. The van der Waals surface area contributed by atoms with Crippen LogP contribution >= 0.6 is 11.8 Å². The van der Waals surface area contributed by atoms with E-state index in [2.05, 4.69) is 11.4 Å². The number of halogens is 1. The first kappa shape index (κ1) is 11.9. The molecule has 0 fully saturated rings. The van der Waals surface area contributed by atoms with E-state index in [-0.39, 0.29) is 6.04 Å². The van der Waals surface area contributed by atoms with Crippen LogP contribution in [-0.2, 0) is 12.1 Å². The minimum atomic E-state index is -1.31. The van der Waals surface area contributed by atoms with E-state index in [0.29, 0.717) is 0 Å². The lowest BCUT2D eigenvalue weighted by molar-refractivity contribution is 0.140. The molecule has 0 saturated carbocycles. The SMILES string of the molecule is CNC(C)C(C)(F)c1ccc2c(c1)CCS2. The first-order valence-electron chi connectivity index (χ1n) is 5.68. The maximum Gasteiger partial charge on any atom is 0.148 e. The van der Waals surface area contributed by atoms with Gasteiger partial charge in [0.2, 0.25) is 0 Å². The van der Waals surface area contributed by atoms with Crippen LogP contribution in [-0.4, -0.2) is 18.8 Å². The number of fused-ring (bicyclic) bond motifs is 1. The van der Waals surface area contributed by atoms with Gasteiger partial charge in [0.05, 0.1) is 0 Å². The molecule has 1 N–H and O–H groups in total. The zero-order chi connectivity index (χ0) is 11.8. The quantitative estimate of drug-likeness (QED) is 0.869. The van der Waals surface area contributed by atoms with E-state index < -0.39 is 5.67 Å². The third-order valence-corrected chi connectivity index (χ3v) is 4.62. The average Bonchev–Trinajstić information content (AvgIpc) is 2.74. The summed E-state index contributed by atoms with van der Waals surface area (Å²) in [5, 5.41) is 2.99. The predicted octanol–water partition coefficient (Wildman–Crippen LogP) is 3.13. The zero-order valence-electron chi connectivity index (χ0n) is 10.0. The Morgan fingerprint density at radius 3 is 2.94 bits per heavy atom. The van der Waals surface area contributed by atoms with Gasteiger partial charge in [0.1, 0.15) is 5.67 Å². The van der Waals surface area contributed by atoms with Gasteiger partial charge in [-0.2, -0.15) is 0 Å². The van der Waals surface area contributed by atoms with Crippen LogP contribution in [0.1, 0.15) is 25.0 Å². The topological polar surface area (TPSA) is 12.0 Å². The van der Waals surface area contributed by atoms with E-state index in [0.717, 1.165) is 17.7 Å². The summed E-state index contributed by atoms with van der Waals surface area (Å²) in [5.74, 6) is 1.13. The van der Waals surface area contributed by atoms with E-state index >= 15 is 0 Å². The molecule has 1 aliphatic heterocycles. The molecule has 0 radical (unpaired) electrons. The Morgan fingerprint density at radius 2 is 2.25 bits per heavy atom. The van der Waals surface area contributed by atoms with Crippen molar-refractivity contribution in [3.63, 3.8) is 0 Å². The van der Waals surface area contributed by atoms with Crippen molar-refractivity contribution in [2.75, 3.05) is 12.8 Å². The van der Waals surface area contributed by atoms with Crippen molar-refractivity contribution in [2.45, 2.75) is 36.9 Å². The molecule has 2 rings (SSSR count). The molecule has 2 unspecified atom stereocenters. The van der Waals surface area contributed by atoms with Gasteiger partial charge >= 0.3 is 0 Å². The fraction of sp³-hybridized carbons (Fsp3) is 0.538. The van der Waals surface area contributed by atoms with Crippen LogP contribution in [0.5, 0.6) is 0 Å². The van der Waals surface area contributed by atoms with Crippen molar-refractivity contribution in [2.24, 2.45) is 0 Å². The number of benzene rings is 1. The van der Waals surface area contributed by atoms with Crippen LogP contribution in [0.15, 0.2) is 23.1 Å². The second-order valence-electron chi connectivity index (χ2n) is 4.51.